The van der Waals surface area contributed by atoms with Crippen LogP contribution in [-0.2, 0) is 0 Å². The van der Waals surface area contributed by atoms with Crippen molar-refractivity contribution in [1.82, 2.24) is 0 Å². The molecule has 0 radical (unpaired) electrons. The second-order valence-corrected chi connectivity index (χ2v) is 4.10. The zero-order valence-electron chi connectivity index (χ0n) is 9.23. The van der Waals surface area contributed by atoms with Crippen LogP contribution >= 0.6 is 11.6 Å². The molecule has 0 heterocycles. The molecule has 0 bridgehead atoms. The average Bonchev–Trinajstić information content (AvgIpc) is 2.39. The standard InChI is InChI=1S/C15H12ClN/c1-2-15(12-6-4-3-5-7-12)17-14-10-8-13(16)9-11-14/h1,3-11,15,17H. The van der Waals surface area contributed by atoms with Crippen molar-refractivity contribution in [3.05, 3.63) is 65.2 Å². The SMILES string of the molecule is C#CC(Nc1ccc(Cl)cc1)c1ccccc1. The lowest BCUT2D eigenvalue weighted by atomic mass is 10.1. The van der Waals surface area contributed by atoms with Gasteiger partial charge in [0.2, 0.25) is 0 Å². The first-order valence-electron chi connectivity index (χ1n) is 5.33. The molecule has 84 valence electrons. The van der Waals surface area contributed by atoms with Crippen LogP contribution in [0.4, 0.5) is 5.69 Å². The Morgan fingerprint density at radius 2 is 1.65 bits per heavy atom. The molecule has 2 aromatic rings. The first-order chi connectivity index (χ1) is 8.29. The van der Waals surface area contributed by atoms with Gasteiger partial charge in [0.25, 0.3) is 0 Å². The summed E-state index contributed by atoms with van der Waals surface area (Å²) in [6, 6.07) is 17.3. The molecule has 1 N–H and O–H groups in total. The van der Waals surface area contributed by atoms with Crippen molar-refractivity contribution in [3.8, 4) is 12.3 Å². The lowest BCUT2D eigenvalue weighted by Crippen LogP contribution is -2.07. The van der Waals surface area contributed by atoms with Crippen LogP contribution in [0.5, 0.6) is 0 Å². The molecule has 1 atom stereocenters. The van der Waals surface area contributed by atoms with Crippen LogP contribution in [0.25, 0.3) is 0 Å². The van der Waals surface area contributed by atoms with Crippen molar-refractivity contribution in [2.45, 2.75) is 6.04 Å². The van der Waals surface area contributed by atoms with Crippen LogP contribution in [0.3, 0.4) is 0 Å². The number of benzene rings is 2. The molecule has 2 aromatic carbocycles. The van der Waals surface area contributed by atoms with Gasteiger partial charge in [0.05, 0.1) is 0 Å². The average molecular weight is 242 g/mol. The second-order valence-electron chi connectivity index (χ2n) is 3.66. The van der Waals surface area contributed by atoms with E-state index in [1.54, 1.807) is 0 Å². The minimum Gasteiger partial charge on any atom is -0.368 e. The Kier molecular flexibility index (Phi) is 3.69. The second kappa shape index (κ2) is 5.43. The third-order valence-corrected chi connectivity index (χ3v) is 2.71. The first kappa shape index (κ1) is 11.6. The van der Waals surface area contributed by atoms with Gasteiger partial charge in [0, 0.05) is 10.7 Å². The zero-order chi connectivity index (χ0) is 12.1. The van der Waals surface area contributed by atoms with E-state index in [0.29, 0.717) is 5.02 Å². The molecule has 0 fully saturated rings. The van der Waals surface area contributed by atoms with E-state index in [0.717, 1.165) is 11.3 Å². The fourth-order valence-corrected chi connectivity index (χ4v) is 1.71. The van der Waals surface area contributed by atoms with Gasteiger partial charge in [0.1, 0.15) is 6.04 Å². The fourth-order valence-electron chi connectivity index (χ4n) is 1.58. The number of halogens is 1. The van der Waals surface area contributed by atoms with Crippen molar-refractivity contribution in [2.24, 2.45) is 0 Å². The third-order valence-electron chi connectivity index (χ3n) is 2.45. The highest BCUT2D eigenvalue weighted by Gasteiger charge is 2.06. The zero-order valence-corrected chi connectivity index (χ0v) is 9.98. The summed E-state index contributed by atoms with van der Waals surface area (Å²) in [5.41, 5.74) is 2.03. The molecule has 0 aliphatic carbocycles. The topological polar surface area (TPSA) is 12.0 Å². The molecular formula is C15H12ClN. The first-order valence-corrected chi connectivity index (χ1v) is 5.70. The van der Waals surface area contributed by atoms with E-state index >= 15 is 0 Å². The van der Waals surface area contributed by atoms with Crippen LogP contribution in [0.15, 0.2) is 54.6 Å². The van der Waals surface area contributed by atoms with Gasteiger partial charge < -0.3 is 5.32 Å². The Morgan fingerprint density at radius 1 is 1.00 bits per heavy atom. The normalized spacial score (nSPS) is 11.5. The van der Waals surface area contributed by atoms with Gasteiger partial charge in [-0.15, -0.1) is 6.42 Å². The Morgan fingerprint density at radius 3 is 2.24 bits per heavy atom. The molecule has 0 aliphatic rings. The van der Waals surface area contributed by atoms with Gasteiger partial charge in [-0.25, -0.2) is 0 Å². The van der Waals surface area contributed by atoms with E-state index in [1.165, 1.54) is 0 Å². The summed E-state index contributed by atoms with van der Waals surface area (Å²) in [5, 5.41) is 3.99. The van der Waals surface area contributed by atoms with Crippen molar-refractivity contribution < 1.29 is 0 Å². The molecule has 2 heteroatoms. The van der Waals surface area contributed by atoms with Crippen molar-refractivity contribution >= 4 is 17.3 Å². The Balaban J connectivity index is 2.17. The van der Waals surface area contributed by atoms with E-state index in [4.69, 9.17) is 18.0 Å². The van der Waals surface area contributed by atoms with Gasteiger partial charge in [-0.2, -0.15) is 0 Å². The number of nitrogens with one attached hydrogen (secondary N) is 1. The molecule has 0 spiro atoms. The molecule has 2 rings (SSSR count). The van der Waals surface area contributed by atoms with E-state index in [1.807, 2.05) is 54.6 Å². The van der Waals surface area contributed by atoms with Crippen molar-refractivity contribution in [1.29, 1.82) is 0 Å². The summed E-state index contributed by atoms with van der Waals surface area (Å²) in [6.07, 6.45) is 5.54. The van der Waals surface area contributed by atoms with Gasteiger partial charge >= 0.3 is 0 Å². The van der Waals surface area contributed by atoms with Gasteiger partial charge in [-0.1, -0.05) is 47.9 Å². The number of hydrogen-bond donors (Lipinski definition) is 1. The highest BCUT2D eigenvalue weighted by molar-refractivity contribution is 6.30. The summed E-state index contributed by atoms with van der Waals surface area (Å²) >= 11 is 5.83. The molecular weight excluding hydrogens is 230 g/mol. The Bertz CT molecular complexity index is 511. The molecule has 1 unspecified atom stereocenters. The molecule has 17 heavy (non-hydrogen) atoms. The van der Waals surface area contributed by atoms with Gasteiger partial charge in [-0.05, 0) is 29.8 Å². The van der Waals surface area contributed by atoms with Gasteiger partial charge in [-0.3, -0.25) is 0 Å². The van der Waals surface area contributed by atoms with Crippen LogP contribution in [0, 0.1) is 12.3 Å². The number of terminal acetylenes is 1. The monoisotopic (exact) mass is 241 g/mol. The third kappa shape index (κ3) is 3.03. The quantitative estimate of drug-likeness (QED) is 0.797. The maximum absolute atomic E-state index is 5.83. The highest BCUT2D eigenvalue weighted by Crippen LogP contribution is 2.20. The molecule has 0 saturated heterocycles. The lowest BCUT2D eigenvalue weighted by molar-refractivity contribution is 1.02. The minimum absolute atomic E-state index is 0.127. The fraction of sp³-hybridized carbons (Fsp3) is 0.0667. The molecule has 1 nitrogen and oxygen atoms in total. The van der Waals surface area contributed by atoms with Crippen LogP contribution in [0.2, 0.25) is 5.02 Å². The van der Waals surface area contributed by atoms with Gasteiger partial charge in [0.15, 0.2) is 0 Å². The summed E-state index contributed by atoms with van der Waals surface area (Å²) < 4.78 is 0. The van der Waals surface area contributed by atoms with Crippen molar-refractivity contribution in [2.75, 3.05) is 5.32 Å². The smallest absolute Gasteiger partial charge is 0.113 e. The molecule has 0 aromatic heterocycles. The maximum Gasteiger partial charge on any atom is 0.113 e. The van der Waals surface area contributed by atoms with Crippen LogP contribution in [-0.4, -0.2) is 0 Å². The van der Waals surface area contributed by atoms with E-state index < -0.39 is 0 Å². The molecule has 0 saturated carbocycles. The van der Waals surface area contributed by atoms with Crippen LogP contribution in [0.1, 0.15) is 11.6 Å². The minimum atomic E-state index is -0.127. The van der Waals surface area contributed by atoms with E-state index in [-0.39, 0.29) is 6.04 Å². The lowest BCUT2D eigenvalue weighted by Gasteiger charge is -2.14. The van der Waals surface area contributed by atoms with Crippen molar-refractivity contribution in [3.63, 3.8) is 0 Å². The number of anilines is 1. The van der Waals surface area contributed by atoms with E-state index in [9.17, 15) is 0 Å². The Labute approximate surface area is 106 Å². The summed E-state index contributed by atoms with van der Waals surface area (Å²) in [5.74, 6) is 2.74. The van der Waals surface area contributed by atoms with Crippen LogP contribution < -0.4 is 5.32 Å². The van der Waals surface area contributed by atoms with E-state index in [2.05, 4.69) is 11.2 Å². The summed E-state index contributed by atoms with van der Waals surface area (Å²) in [7, 11) is 0. The summed E-state index contributed by atoms with van der Waals surface area (Å²) in [4.78, 5) is 0. The summed E-state index contributed by atoms with van der Waals surface area (Å²) in [6.45, 7) is 0. The number of rotatable bonds is 3. The predicted molar refractivity (Wildman–Crippen MR) is 73.1 cm³/mol. The largest absolute Gasteiger partial charge is 0.368 e. The highest BCUT2D eigenvalue weighted by atomic mass is 35.5. The maximum atomic E-state index is 5.83. The Hall–Kier alpha value is -1.91. The molecule has 0 aliphatic heterocycles. The number of hydrogen-bond acceptors (Lipinski definition) is 1. The molecule has 0 amide bonds. The predicted octanol–water partition coefficient (Wildman–Crippen LogP) is 4.13.